The monoisotopic (exact) mass is 519 g/mol. The average molecular weight is 519 g/mol. The van der Waals surface area contributed by atoms with Gasteiger partial charge >= 0.3 is 6.36 Å². The fourth-order valence-electron chi connectivity index (χ4n) is 2.97. The Morgan fingerprint density at radius 2 is 1.61 bits per heavy atom. The second kappa shape index (κ2) is 10.8. The fourth-order valence-corrected chi connectivity index (χ4v) is 2.97. The molecule has 0 spiro atoms. The highest BCUT2D eigenvalue weighted by atomic mass is 19.4. The first kappa shape index (κ1) is 26.8. The lowest BCUT2D eigenvalue weighted by atomic mass is 10.1. The summed E-state index contributed by atoms with van der Waals surface area (Å²) in [6, 6.07) is 5.51. The van der Waals surface area contributed by atoms with Crippen molar-refractivity contribution in [3.8, 4) is 17.0 Å². The number of aliphatic hydroxyl groups excluding tert-OH is 1. The van der Waals surface area contributed by atoms with E-state index in [1.807, 2.05) is 5.43 Å². The Bertz CT molecular complexity index is 1200. The van der Waals surface area contributed by atoms with E-state index in [2.05, 4.69) is 25.4 Å². The highest BCUT2D eigenvalue weighted by Crippen LogP contribution is 2.29. The maximum absolute atomic E-state index is 14.0. The van der Waals surface area contributed by atoms with Crippen molar-refractivity contribution in [1.82, 2.24) is 9.97 Å². The van der Waals surface area contributed by atoms with Gasteiger partial charge in [-0.25, -0.2) is 22.5 Å². The summed E-state index contributed by atoms with van der Waals surface area (Å²) in [7, 11) is 0. The standard InChI is InChI=1S/C22H20F7N5O2/c1-10(2)16(9-35)31-21-30-15(11-4-3-5-12(6-11)36-22(27,28)29)8-17(32-21)33-34-20-18(25)13(23)7-14(24)19(20)26/h3-8,10,16,34-35H,9H2,1-2H3,(H2,30,31,32,33)/t16-/m1/s1. The summed E-state index contributed by atoms with van der Waals surface area (Å²) in [5, 5.41) is 12.5. The number of halogens is 7. The molecular weight excluding hydrogens is 499 g/mol. The summed E-state index contributed by atoms with van der Waals surface area (Å²) in [5.74, 6) is -7.63. The van der Waals surface area contributed by atoms with E-state index in [1.54, 1.807) is 13.8 Å². The van der Waals surface area contributed by atoms with Crippen LogP contribution in [-0.4, -0.2) is 34.1 Å². The molecule has 14 heteroatoms. The smallest absolute Gasteiger partial charge is 0.406 e. The first-order valence-electron chi connectivity index (χ1n) is 10.4. The summed E-state index contributed by atoms with van der Waals surface area (Å²) >= 11 is 0. The Hall–Kier alpha value is -3.81. The van der Waals surface area contributed by atoms with E-state index in [4.69, 9.17) is 0 Å². The van der Waals surface area contributed by atoms with Gasteiger partial charge in [-0.15, -0.1) is 13.2 Å². The van der Waals surface area contributed by atoms with Crippen LogP contribution in [0.3, 0.4) is 0 Å². The third-order valence-electron chi connectivity index (χ3n) is 4.83. The van der Waals surface area contributed by atoms with Crippen LogP contribution in [0.4, 0.5) is 48.2 Å². The summed E-state index contributed by atoms with van der Waals surface area (Å²) < 4.78 is 96.8. The molecular formula is C22H20F7N5O2. The molecule has 1 aromatic heterocycles. The molecule has 194 valence electrons. The highest BCUT2D eigenvalue weighted by molar-refractivity contribution is 5.66. The Morgan fingerprint density at radius 1 is 0.944 bits per heavy atom. The number of aliphatic hydroxyl groups is 1. The van der Waals surface area contributed by atoms with Gasteiger partial charge in [-0.05, 0) is 18.1 Å². The van der Waals surface area contributed by atoms with Gasteiger partial charge in [-0.2, -0.15) is 4.98 Å². The van der Waals surface area contributed by atoms with Crippen LogP contribution in [0.15, 0.2) is 36.4 Å². The molecule has 1 heterocycles. The lowest BCUT2D eigenvalue weighted by Gasteiger charge is -2.21. The molecule has 4 N–H and O–H groups in total. The van der Waals surface area contributed by atoms with Gasteiger partial charge in [0.05, 0.1) is 18.3 Å². The van der Waals surface area contributed by atoms with Crippen LogP contribution in [-0.2, 0) is 0 Å². The van der Waals surface area contributed by atoms with Crippen molar-refractivity contribution in [3.63, 3.8) is 0 Å². The van der Waals surface area contributed by atoms with E-state index in [0.29, 0.717) is 0 Å². The number of alkyl halides is 3. The number of nitrogens with one attached hydrogen (secondary N) is 3. The van der Waals surface area contributed by atoms with Gasteiger partial charge in [0.15, 0.2) is 29.1 Å². The quantitative estimate of drug-likeness (QED) is 0.169. The maximum atomic E-state index is 14.0. The number of ether oxygens (including phenoxy) is 1. The number of benzene rings is 2. The van der Waals surface area contributed by atoms with Gasteiger partial charge in [0.1, 0.15) is 11.4 Å². The van der Waals surface area contributed by atoms with Crippen molar-refractivity contribution in [2.45, 2.75) is 26.3 Å². The topological polar surface area (TPSA) is 91.3 Å². The van der Waals surface area contributed by atoms with Gasteiger partial charge in [0.25, 0.3) is 0 Å². The van der Waals surface area contributed by atoms with E-state index in [1.165, 1.54) is 18.2 Å². The van der Waals surface area contributed by atoms with E-state index >= 15 is 0 Å². The van der Waals surface area contributed by atoms with Crippen molar-refractivity contribution in [2.75, 3.05) is 22.8 Å². The molecule has 0 aliphatic heterocycles. The largest absolute Gasteiger partial charge is 0.573 e. The molecule has 3 aromatic rings. The highest BCUT2D eigenvalue weighted by Gasteiger charge is 2.31. The minimum Gasteiger partial charge on any atom is -0.406 e. The van der Waals surface area contributed by atoms with Crippen molar-refractivity contribution < 1.29 is 40.6 Å². The molecule has 0 bridgehead atoms. The van der Waals surface area contributed by atoms with Crippen LogP contribution < -0.4 is 20.9 Å². The van der Waals surface area contributed by atoms with Crippen LogP contribution in [0.5, 0.6) is 5.75 Å². The van der Waals surface area contributed by atoms with Crippen LogP contribution in [0.1, 0.15) is 13.8 Å². The SMILES string of the molecule is CC(C)[C@@H](CO)Nc1nc(NNc2c(F)c(F)cc(F)c2F)cc(-c2cccc(OC(F)(F)F)c2)n1. The van der Waals surface area contributed by atoms with Crippen LogP contribution >= 0.6 is 0 Å². The second-order valence-corrected chi connectivity index (χ2v) is 7.81. The number of anilines is 3. The number of aromatic nitrogens is 2. The lowest BCUT2D eigenvalue weighted by Crippen LogP contribution is -2.30. The molecule has 0 aliphatic carbocycles. The average Bonchev–Trinajstić information content (AvgIpc) is 2.80. The maximum Gasteiger partial charge on any atom is 0.573 e. The number of hydrogen-bond acceptors (Lipinski definition) is 7. The zero-order valence-corrected chi connectivity index (χ0v) is 18.7. The predicted molar refractivity (Wildman–Crippen MR) is 117 cm³/mol. The Kier molecular flexibility index (Phi) is 8.07. The molecule has 36 heavy (non-hydrogen) atoms. The summed E-state index contributed by atoms with van der Waals surface area (Å²) in [6.07, 6.45) is -4.94. The predicted octanol–water partition coefficient (Wildman–Crippen LogP) is 5.47. The molecule has 3 rings (SSSR count). The number of rotatable bonds is 9. The van der Waals surface area contributed by atoms with Gasteiger partial charge in [0.2, 0.25) is 5.95 Å². The van der Waals surface area contributed by atoms with Gasteiger partial charge < -0.3 is 15.2 Å². The third-order valence-corrected chi connectivity index (χ3v) is 4.83. The normalized spacial score (nSPS) is 12.4. The molecule has 0 unspecified atom stereocenters. The minimum atomic E-state index is -4.94. The lowest BCUT2D eigenvalue weighted by molar-refractivity contribution is -0.274. The Morgan fingerprint density at radius 3 is 2.19 bits per heavy atom. The first-order chi connectivity index (χ1) is 16.9. The van der Waals surface area contributed by atoms with E-state index in [9.17, 15) is 35.8 Å². The van der Waals surface area contributed by atoms with E-state index in [-0.39, 0.29) is 41.6 Å². The van der Waals surface area contributed by atoms with Crippen LogP contribution in [0.2, 0.25) is 0 Å². The molecule has 0 amide bonds. The van der Waals surface area contributed by atoms with Crippen molar-refractivity contribution in [3.05, 3.63) is 59.7 Å². The van der Waals surface area contributed by atoms with E-state index in [0.717, 1.165) is 12.1 Å². The van der Waals surface area contributed by atoms with Gasteiger partial charge in [-0.3, -0.25) is 10.9 Å². The Labute approximate surface area is 200 Å². The van der Waals surface area contributed by atoms with Crippen molar-refractivity contribution in [1.29, 1.82) is 0 Å². The van der Waals surface area contributed by atoms with Crippen molar-refractivity contribution in [2.24, 2.45) is 5.92 Å². The summed E-state index contributed by atoms with van der Waals surface area (Å²) in [5.41, 5.74) is 3.30. The summed E-state index contributed by atoms with van der Waals surface area (Å²) in [6.45, 7) is 3.26. The molecule has 0 saturated carbocycles. The molecule has 0 saturated heterocycles. The summed E-state index contributed by atoms with van der Waals surface area (Å²) in [4.78, 5) is 8.30. The molecule has 0 radical (unpaired) electrons. The van der Waals surface area contributed by atoms with Crippen LogP contribution in [0, 0.1) is 29.2 Å². The molecule has 1 atom stereocenters. The third kappa shape index (κ3) is 6.65. The number of hydrogen-bond donors (Lipinski definition) is 4. The van der Waals surface area contributed by atoms with Crippen LogP contribution in [0.25, 0.3) is 11.3 Å². The molecule has 2 aromatic carbocycles. The first-order valence-corrected chi connectivity index (χ1v) is 10.4. The number of nitrogens with zero attached hydrogens (tertiary/aromatic N) is 2. The molecule has 7 nitrogen and oxygen atoms in total. The molecule has 0 aliphatic rings. The minimum absolute atomic E-state index is 0.0382. The molecule has 0 fully saturated rings. The van der Waals surface area contributed by atoms with Gasteiger partial charge in [-0.1, -0.05) is 26.0 Å². The van der Waals surface area contributed by atoms with E-state index < -0.39 is 47.1 Å². The zero-order valence-electron chi connectivity index (χ0n) is 18.7. The zero-order chi connectivity index (χ0) is 26.6. The van der Waals surface area contributed by atoms with Gasteiger partial charge in [0, 0.05) is 17.7 Å². The van der Waals surface area contributed by atoms with Crippen molar-refractivity contribution >= 4 is 17.5 Å². The second-order valence-electron chi connectivity index (χ2n) is 7.81. The Balaban J connectivity index is 2.00. The number of hydrazine groups is 1. The fraction of sp³-hybridized carbons (Fsp3) is 0.273.